The second kappa shape index (κ2) is 5.07. The van der Waals surface area contributed by atoms with Crippen LogP contribution in [0.15, 0.2) is 36.5 Å². The van der Waals surface area contributed by atoms with E-state index in [0.717, 1.165) is 12.5 Å². The molecular formula is C16H20N2. The Hall–Kier alpha value is -1.41. The van der Waals surface area contributed by atoms with Gasteiger partial charge in [0.2, 0.25) is 0 Å². The van der Waals surface area contributed by atoms with Crippen molar-refractivity contribution in [2.75, 3.05) is 6.54 Å². The molecule has 0 aliphatic heterocycles. The molecule has 1 heterocycles. The molecule has 0 saturated heterocycles. The van der Waals surface area contributed by atoms with Crippen molar-refractivity contribution in [2.24, 2.45) is 5.92 Å². The number of hydrogen-bond donors (Lipinski definition) is 1. The Balaban J connectivity index is 2.00. The van der Waals surface area contributed by atoms with Gasteiger partial charge in [0.05, 0.1) is 5.52 Å². The summed E-state index contributed by atoms with van der Waals surface area (Å²) in [5.74, 6) is 0.809. The van der Waals surface area contributed by atoms with Gasteiger partial charge in [0.1, 0.15) is 0 Å². The summed E-state index contributed by atoms with van der Waals surface area (Å²) in [5, 5.41) is 4.95. The maximum atomic E-state index is 4.58. The molecule has 3 rings (SSSR count). The van der Waals surface area contributed by atoms with E-state index in [1.807, 2.05) is 12.3 Å². The molecule has 1 unspecified atom stereocenters. The molecule has 2 aromatic rings. The number of fused-ring (bicyclic) bond motifs is 1. The summed E-state index contributed by atoms with van der Waals surface area (Å²) in [5.41, 5.74) is 2.55. The fourth-order valence-electron chi connectivity index (χ4n) is 2.64. The molecule has 2 nitrogen and oxygen atoms in total. The van der Waals surface area contributed by atoms with Gasteiger partial charge in [-0.15, -0.1) is 0 Å². The van der Waals surface area contributed by atoms with Gasteiger partial charge in [-0.25, -0.2) is 0 Å². The van der Waals surface area contributed by atoms with Gasteiger partial charge in [-0.3, -0.25) is 4.98 Å². The van der Waals surface area contributed by atoms with E-state index in [4.69, 9.17) is 0 Å². The van der Waals surface area contributed by atoms with Crippen molar-refractivity contribution in [1.82, 2.24) is 10.3 Å². The largest absolute Gasteiger partial charge is 0.310 e. The minimum absolute atomic E-state index is 0.489. The van der Waals surface area contributed by atoms with E-state index < -0.39 is 0 Å². The van der Waals surface area contributed by atoms with Gasteiger partial charge in [0.25, 0.3) is 0 Å². The maximum absolute atomic E-state index is 4.58. The molecule has 1 atom stereocenters. The van der Waals surface area contributed by atoms with E-state index in [0.29, 0.717) is 6.04 Å². The normalized spacial score (nSPS) is 16.9. The van der Waals surface area contributed by atoms with Crippen LogP contribution in [0.3, 0.4) is 0 Å². The number of benzene rings is 1. The van der Waals surface area contributed by atoms with Crippen LogP contribution < -0.4 is 5.32 Å². The number of nitrogens with one attached hydrogen (secondary N) is 1. The van der Waals surface area contributed by atoms with Crippen LogP contribution in [-0.4, -0.2) is 11.5 Å². The molecule has 1 N–H and O–H groups in total. The summed E-state index contributed by atoms with van der Waals surface area (Å²) in [6, 6.07) is 11.2. The smallest absolute Gasteiger partial charge is 0.0749 e. The lowest BCUT2D eigenvalue weighted by atomic mass is 9.99. The van der Waals surface area contributed by atoms with Crippen molar-refractivity contribution < 1.29 is 0 Å². The maximum Gasteiger partial charge on any atom is 0.0749 e. The molecule has 1 saturated carbocycles. The second-order valence-corrected chi connectivity index (χ2v) is 5.19. The molecule has 0 spiro atoms. The summed E-state index contributed by atoms with van der Waals surface area (Å²) < 4.78 is 0. The summed E-state index contributed by atoms with van der Waals surface area (Å²) >= 11 is 0. The Kier molecular flexibility index (Phi) is 3.28. The summed E-state index contributed by atoms with van der Waals surface area (Å²) in [4.78, 5) is 4.58. The molecule has 0 bridgehead atoms. The van der Waals surface area contributed by atoms with Crippen molar-refractivity contribution in [3.05, 3.63) is 42.1 Å². The molecule has 0 radical (unpaired) electrons. The monoisotopic (exact) mass is 240 g/mol. The van der Waals surface area contributed by atoms with Crippen LogP contribution in [0, 0.1) is 5.92 Å². The Morgan fingerprint density at radius 1 is 1.28 bits per heavy atom. The van der Waals surface area contributed by atoms with Gasteiger partial charge in [-0.1, -0.05) is 31.2 Å². The molecule has 1 fully saturated rings. The van der Waals surface area contributed by atoms with Crippen molar-refractivity contribution in [3.63, 3.8) is 0 Å². The summed E-state index contributed by atoms with van der Waals surface area (Å²) in [6.07, 6.45) is 5.78. The highest BCUT2D eigenvalue weighted by molar-refractivity contribution is 5.82. The van der Waals surface area contributed by atoms with Crippen LogP contribution in [0.5, 0.6) is 0 Å². The van der Waals surface area contributed by atoms with Crippen LogP contribution in [0.25, 0.3) is 10.9 Å². The third-order valence-electron chi connectivity index (χ3n) is 3.71. The van der Waals surface area contributed by atoms with E-state index in [1.165, 1.54) is 35.7 Å². The molecule has 1 aromatic heterocycles. The van der Waals surface area contributed by atoms with E-state index >= 15 is 0 Å². The van der Waals surface area contributed by atoms with Crippen molar-refractivity contribution in [2.45, 2.75) is 32.2 Å². The number of aromatic nitrogens is 1. The third kappa shape index (κ3) is 2.25. The lowest BCUT2D eigenvalue weighted by molar-refractivity contribution is 0.483. The first-order valence-electron chi connectivity index (χ1n) is 6.97. The lowest BCUT2D eigenvalue weighted by Crippen LogP contribution is -2.24. The van der Waals surface area contributed by atoms with Crippen LogP contribution in [0.2, 0.25) is 0 Å². The highest BCUT2D eigenvalue weighted by atomic mass is 14.9. The predicted molar refractivity (Wildman–Crippen MR) is 75.5 cm³/mol. The first kappa shape index (κ1) is 11.7. The zero-order chi connectivity index (χ0) is 12.4. The first-order chi connectivity index (χ1) is 8.90. The fourth-order valence-corrected chi connectivity index (χ4v) is 2.64. The minimum atomic E-state index is 0.489. The van der Waals surface area contributed by atoms with Gasteiger partial charge in [-0.2, -0.15) is 0 Å². The number of nitrogens with zero attached hydrogens (tertiary/aromatic N) is 1. The third-order valence-corrected chi connectivity index (χ3v) is 3.71. The van der Waals surface area contributed by atoms with Crippen LogP contribution >= 0.6 is 0 Å². The molecule has 0 amide bonds. The quantitative estimate of drug-likeness (QED) is 0.862. The molecule has 1 aliphatic rings. The second-order valence-electron chi connectivity index (χ2n) is 5.19. The Morgan fingerprint density at radius 3 is 2.89 bits per heavy atom. The van der Waals surface area contributed by atoms with Gasteiger partial charge < -0.3 is 5.32 Å². The summed E-state index contributed by atoms with van der Waals surface area (Å²) in [7, 11) is 0. The molecular weight excluding hydrogens is 220 g/mol. The van der Waals surface area contributed by atoms with Gasteiger partial charge in [-0.05, 0) is 43.4 Å². The molecule has 2 heteroatoms. The van der Waals surface area contributed by atoms with E-state index in [2.05, 4.69) is 41.5 Å². The number of hydrogen-bond acceptors (Lipinski definition) is 2. The molecule has 94 valence electrons. The van der Waals surface area contributed by atoms with Gasteiger partial charge in [0, 0.05) is 17.6 Å². The SMILES string of the molecule is CCCNC(c1cccc2cccnc12)C1CC1. The zero-order valence-corrected chi connectivity index (χ0v) is 10.9. The van der Waals surface area contributed by atoms with Crippen molar-refractivity contribution in [3.8, 4) is 0 Å². The Bertz CT molecular complexity index is 526. The average molecular weight is 240 g/mol. The van der Waals surface area contributed by atoms with Gasteiger partial charge >= 0.3 is 0 Å². The van der Waals surface area contributed by atoms with E-state index in [1.54, 1.807) is 0 Å². The zero-order valence-electron chi connectivity index (χ0n) is 10.9. The predicted octanol–water partition coefficient (Wildman–Crippen LogP) is 3.69. The highest BCUT2D eigenvalue weighted by Crippen LogP contribution is 2.42. The fraction of sp³-hybridized carbons (Fsp3) is 0.438. The highest BCUT2D eigenvalue weighted by Gasteiger charge is 2.32. The molecule has 18 heavy (non-hydrogen) atoms. The number of para-hydroxylation sites is 1. The van der Waals surface area contributed by atoms with Crippen LogP contribution in [0.4, 0.5) is 0 Å². The number of rotatable bonds is 5. The van der Waals surface area contributed by atoms with Crippen LogP contribution in [-0.2, 0) is 0 Å². The number of pyridine rings is 1. The molecule has 1 aliphatic carbocycles. The average Bonchev–Trinajstić information content (AvgIpc) is 3.24. The first-order valence-corrected chi connectivity index (χ1v) is 6.97. The van der Waals surface area contributed by atoms with Crippen LogP contribution in [0.1, 0.15) is 37.8 Å². The Morgan fingerprint density at radius 2 is 2.11 bits per heavy atom. The van der Waals surface area contributed by atoms with Gasteiger partial charge in [0.15, 0.2) is 0 Å². The topological polar surface area (TPSA) is 24.9 Å². The van der Waals surface area contributed by atoms with Crippen molar-refractivity contribution in [1.29, 1.82) is 0 Å². The van der Waals surface area contributed by atoms with E-state index in [9.17, 15) is 0 Å². The standard InChI is InChI=1S/C16H20N2/c1-2-10-17-16(13-8-9-13)14-7-3-5-12-6-4-11-18-15(12)14/h3-7,11,13,16-17H,2,8-10H2,1H3. The van der Waals surface area contributed by atoms with Crippen molar-refractivity contribution >= 4 is 10.9 Å². The minimum Gasteiger partial charge on any atom is -0.310 e. The van der Waals surface area contributed by atoms with E-state index in [-0.39, 0.29) is 0 Å². The Labute approximate surface area is 108 Å². The molecule has 1 aromatic carbocycles. The summed E-state index contributed by atoms with van der Waals surface area (Å²) in [6.45, 7) is 3.31. The lowest BCUT2D eigenvalue weighted by Gasteiger charge is -2.19.